The van der Waals surface area contributed by atoms with Gasteiger partial charge in [-0.15, -0.1) is 12.4 Å². The Hall–Kier alpha value is -1.30. The summed E-state index contributed by atoms with van der Waals surface area (Å²) in [5, 5.41) is 6.23. The predicted molar refractivity (Wildman–Crippen MR) is 79.8 cm³/mol. The van der Waals surface area contributed by atoms with Crippen LogP contribution in [0, 0.1) is 0 Å². The van der Waals surface area contributed by atoms with Gasteiger partial charge in [0.25, 0.3) is 5.91 Å². The van der Waals surface area contributed by atoms with Gasteiger partial charge in [0.2, 0.25) is 0 Å². The third-order valence-electron chi connectivity index (χ3n) is 3.05. The number of carbonyl (C=O) groups is 1. The third-order valence-corrected chi connectivity index (χ3v) is 3.05. The number of ether oxygens (including phenoxy) is 2. The van der Waals surface area contributed by atoms with Crippen molar-refractivity contribution in [3.05, 3.63) is 29.8 Å². The summed E-state index contributed by atoms with van der Waals surface area (Å²) in [6, 6.07) is 7.44. The Kier molecular flexibility index (Phi) is 7.36. The summed E-state index contributed by atoms with van der Waals surface area (Å²) in [5.41, 5.74) is 0.627. The van der Waals surface area contributed by atoms with Crippen molar-refractivity contribution in [1.82, 2.24) is 10.6 Å². The van der Waals surface area contributed by atoms with E-state index < -0.39 is 0 Å². The molecule has 1 saturated heterocycles. The molecule has 0 spiro atoms. The predicted octanol–water partition coefficient (Wildman–Crippen LogP) is 1.23. The Labute approximate surface area is 125 Å². The minimum Gasteiger partial charge on any atom is -0.491 e. The minimum absolute atomic E-state index is 0. The number of methoxy groups -OCH3 is 1. The Morgan fingerprint density at radius 2 is 2.30 bits per heavy atom. The van der Waals surface area contributed by atoms with E-state index in [9.17, 15) is 4.79 Å². The topological polar surface area (TPSA) is 59.6 Å². The average Bonchev–Trinajstić information content (AvgIpc) is 2.92. The van der Waals surface area contributed by atoms with E-state index in [4.69, 9.17) is 9.47 Å². The van der Waals surface area contributed by atoms with Gasteiger partial charge in [-0.1, -0.05) is 6.07 Å². The number of nitrogens with one attached hydrogen (secondary N) is 2. The summed E-state index contributed by atoms with van der Waals surface area (Å²) >= 11 is 0. The molecule has 1 aromatic rings. The van der Waals surface area contributed by atoms with Crippen LogP contribution in [0.1, 0.15) is 16.8 Å². The Balaban J connectivity index is 0.00000200. The van der Waals surface area contributed by atoms with Crippen molar-refractivity contribution in [3.8, 4) is 5.75 Å². The zero-order valence-electron chi connectivity index (χ0n) is 11.6. The molecule has 0 aliphatic carbocycles. The third kappa shape index (κ3) is 5.00. The first-order valence-electron chi connectivity index (χ1n) is 6.53. The summed E-state index contributed by atoms with van der Waals surface area (Å²) in [6.45, 7) is 2.82. The lowest BCUT2D eigenvalue weighted by Gasteiger charge is -2.12. The average molecular weight is 301 g/mol. The molecule has 2 rings (SSSR count). The first-order chi connectivity index (χ1) is 9.29. The number of carbonyl (C=O) groups excluding carboxylic acids is 1. The Bertz CT molecular complexity index is 423. The molecule has 0 saturated carbocycles. The molecule has 1 heterocycles. The van der Waals surface area contributed by atoms with Crippen LogP contribution in [0.3, 0.4) is 0 Å². The highest BCUT2D eigenvalue weighted by Crippen LogP contribution is 2.13. The molecule has 0 radical (unpaired) electrons. The fourth-order valence-electron chi connectivity index (χ4n) is 2.02. The molecule has 112 valence electrons. The number of amides is 1. The quantitative estimate of drug-likeness (QED) is 0.776. The van der Waals surface area contributed by atoms with Crippen molar-refractivity contribution < 1.29 is 14.3 Å². The fourth-order valence-corrected chi connectivity index (χ4v) is 2.02. The lowest BCUT2D eigenvalue weighted by molar-refractivity contribution is 0.0939. The lowest BCUT2D eigenvalue weighted by Crippen LogP contribution is -2.36. The van der Waals surface area contributed by atoms with Crippen LogP contribution in [0.5, 0.6) is 5.75 Å². The highest BCUT2D eigenvalue weighted by molar-refractivity contribution is 5.94. The van der Waals surface area contributed by atoms with Crippen LogP contribution in [0.4, 0.5) is 0 Å². The largest absolute Gasteiger partial charge is 0.491 e. The van der Waals surface area contributed by atoms with E-state index in [0.29, 0.717) is 24.5 Å². The van der Waals surface area contributed by atoms with Crippen molar-refractivity contribution in [2.75, 3.05) is 33.4 Å². The summed E-state index contributed by atoms with van der Waals surface area (Å²) in [7, 11) is 1.63. The van der Waals surface area contributed by atoms with Crippen LogP contribution < -0.4 is 15.4 Å². The van der Waals surface area contributed by atoms with Crippen LogP contribution in [0.2, 0.25) is 0 Å². The molecule has 1 fully saturated rings. The van der Waals surface area contributed by atoms with E-state index in [1.807, 2.05) is 12.1 Å². The van der Waals surface area contributed by atoms with Gasteiger partial charge in [-0.2, -0.15) is 0 Å². The van der Waals surface area contributed by atoms with Crippen LogP contribution in [-0.4, -0.2) is 45.4 Å². The Morgan fingerprint density at radius 3 is 3.00 bits per heavy atom. The zero-order chi connectivity index (χ0) is 13.5. The second kappa shape index (κ2) is 8.79. The maximum Gasteiger partial charge on any atom is 0.251 e. The number of benzene rings is 1. The van der Waals surface area contributed by atoms with E-state index in [-0.39, 0.29) is 24.4 Å². The maximum atomic E-state index is 12.1. The molecule has 0 bridgehead atoms. The van der Waals surface area contributed by atoms with Gasteiger partial charge in [-0.3, -0.25) is 4.79 Å². The zero-order valence-corrected chi connectivity index (χ0v) is 12.4. The van der Waals surface area contributed by atoms with Gasteiger partial charge in [0, 0.05) is 25.3 Å². The van der Waals surface area contributed by atoms with Crippen molar-refractivity contribution in [2.24, 2.45) is 0 Å². The number of hydrogen-bond donors (Lipinski definition) is 2. The second-order valence-corrected chi connectivity index (χ2v) is 4.53. The van der Waals surface area contributed by atoms with E-state index in [2.05, 4.69) is 10.6 Å². The highest BCUT2D eigenvalue weighted by atomic mass is 35.5. The molecular formula is C14H21ClN2O3. The molecule has 1 amide bonds. The molecule has 1 aliphatic heterocycles. The van der Waals surface area contributed by atoms with E-state index in [0.717, 1.165) is 19.5 Å². The van der Waals surface area contributed by atoms with Crippen molar-refractivity contribution in [3.63, 3.8) is 0 Å². The Morgan fingerprint density at radius 1 is 1.45 bits per heavy atom. The monoisotopic (exact) mass is 300 g/mol. The molecule has 1 atom stereocenters. The van der Waals surface area contributed by atoms with Crippen LogP contribution in [-0.2, 0) is 4.74 Å². The first kappa shape index (κ1) is 16.8. The van der Waals surface area contributed by atoms with E-state index in [1.165, 1.54) is 0 Å². The summed E-state index contributed by atoms with van der Waals surface area (Å²) in [6.07, 6.45) is 0.982. The lowest BCUT2D eigenvalue weighted by atomic mass is 10.1. The summed E-state index contributed by atoms with van der Waals surface area (Å²) in [4.78, 5) is 12.1. The summed E-state index contributed by atoms with van der Waals surface area (Å²) in [5.74, 6) is 0.639. The number of hydrogen-bond acceptors (Lipinski definition) is 4. The van der Waals surface area contributed by atoms with Gasteiger partial charge < -0.3 is 20.1 Å². The highest BCUT2D eigenvalue weighted by Gasteiger charge is 2.17. The van der Waals surface area contributed by atoms with Crippen molar-refractivity contribution >= 4 is 18.3 Å². The normalized spacial score (nSPS) is 17.4. The molecule has 5 nitrogen and oxygen atoms in total. The van der Waals surface area contributed by atoms with E-state index >= 15 is 0 Å². The number of halogens is 1. The molecule has 1 unspecified atom stereocenters. The molecule has 1 aromatic carbocycles. The molecule has 20 heavy (non-hydrogen) atoms. The molecule has 0 aromatic heterocycles. The van der Waals surface area contributed by atoms with Crippen LogP contribution >= 0.6 is 12.4 Å². The molecular weight excluding hydrogens is 280 g/mol. The minimum atomic E-state index is -0.0501. The first-order valence-corrected chi connectivity index (χ1v) is 6.53. The maximum absolute atomic E-state index is 12.1. The van der Waals surface area contributed by atoms with Gasteiger partial charge >= 0.3 is 0 Å². The van der Waals surface area contributed by atoms with Gasteiger partial charge in [-0.25, -0.2) is 0 Å². The number of rotatable bonds is 6. The molecule has 2 N–H and O–H groups in total. The smallest absolute Gasteiger partial charge is 0.251 e. The SMILES string of the molecule is COCCOc1cccc(C(=O)NC2CCNC2)c1.Cl. The molecule has 1 aliphatic rings. The van der Waals surface area contributed by atoms with E-state index in [1.54, 1.807) is 19.2 Å². The van der Waals surface area contributed by atoms with Crippen molar-refractivity contribution in [1.29, 1.82) is 0 Å². The van der Waals surface area contributed by atoms with Gasteiger partial charge in [-0.05, 0) is 31.2 Å². The molecule has 6 heteroatoms. The van der Waals surface area contributed by atoms with Crippen molar-refractivity contribution in [2.45, 2.75) is 12.5 Å². The fraction of sp³-hybridized carbons (Fsp3) is 0.500. The van der Waals surface area contributed by atoms with Gasteiger partial charge in [0.1, 0.15) is 12.4 Å². The second-order valence-electron chi connectivity index (χ2n) is 4.53. The van der Waals surface area contributed by atoms with Gasteiger partial charge in [0.05, 0.1) is 6.61 Å². The van der Waals surface area contributed by atoms with Crippen LogP contribution in [0.25, 0.3) is 0 Å². The standard InChI is InChI=1S/C14H20N2O3.ClH/c1-18-7-8-19-13-4-2-3-11(9-13)14(17)16-12-5-6-15-10-12;/h2-4,9,12,15H,5-8,10H2,1H3,(H,16,17);1H. The summed E-state index contributed by atoms with van der Waals surface area (Å²) < 4.78 is 10.4. The van der Waals surface area contributed by atoms with Gasteiger partial charge in [0.15, 0.2) is 0 Å². The van der Waals surface area contributed by atoms with Crippen LogP contribution in [0.15, 0.2) is 24.3 Å².